The first-order chi connectivity index (χ1) is 8.36. The molecule has 0 aliphatic carbocycles. The number of rotatable bonds is 4. The number of carbonyl (C=O) groups is 1. The van der Waals surface area contributed by atoms with Crippen molar-refractivity contribution < 1.29 is 23.0 Å². The lowest BCUT2D eigenvalue weighted by Gasteiger charge is -2.39. The Labute approximate surface area is 107 Å². The zero-order valence-electron chi connectivity index (χ0n) is 11.4. The maximum atomic E-state index is 13.4. The van der Waals surface area contributed by atoms with E-state index >= 15 is 0 Å². The molecule has 6 atom stereocenters. The summed E-state index contributed by atoms with van der Waals surface area (Å²) in [6.45, 7) is 6.75. The van der Waals surface area contributed by atoms with Crippen LogP contribution in [0.4, 0.5) is 8.78 Å². The first-order valence-electron chi connectivity index (χ1n) is 6.47. The minimum absolute atomic E-state index is 0.100. The van der Waals surface area contributed by atoms with E-state index in [4.69, 9.17) is 9.47 Å². The van der Waals surface area contributed by atoms with E-state index in [2.05, 4.69) is 0 Å². The van der Waals surface area contributed by atoms with Crippen molar-refractivity contribution >= 4 is 5.97 Å². The number of hydrogen-bond acceptors (Lipinski definition) is 3. The average Bonchev–Trinajstić information content (AvgIpc) is 2.31. The lowest BCUT2D eigenvalue weighted by Crippen LogP contribution is -2.46. The largest absolute Gasteiger partial charge is 0.462 e. The maximum absolute atomic E-state index is 13.4. The van der Waals surface area contributed by atoms with Crippen LogP contribution in [0, 0.1) is 11.8 Å². The zero-order chi connectivity index (χ0) is 13.9. The summed E-state index contributed by atoms with van der Waals surface area (Å²) in [6, 6.07) is 0. The molecule has 0 spiro atoms. The second-order valence-electron chi connectivity index (χ2n) is 5.06. The summed E-state index contributed by atoms with van der Waals surface area (Å²) in [5.41, 5.74) is 0. The van der Waals surface area contributed by atoms with Gasteiger partial charge in [0.2, 0.25) is 6.36 Å². The van der Waals surface area contributed by atoms with E-state index in [0.717, 1.165) is 0 Å². The molecule has 0 aromatic carbocycles. The molecule has 0 aromatic rings. The highest BCUT2D eigenvalue weighted by Crippen LogP contribution is 2.35. The fourth-order valence-electron chi connectivity index (χ4n) is 2.30. The number of carbonyl (C=O) groups excluding carboxylic acids is 1. The van der Waals surface area contributed by atoms with Crippen molar-refractivity contribution in [3.05, 3.63) is 0 Å². The summed E-state index contributed by atoms with van der Waals surface area (Å²) in [7, 11) is 0. The molecule has 1 saturated heterocycles. The fourth-order valence-corrected chi connectivity index (χ4v) is 2.30. The van der Waals surface area contributed by atoms with Crippen LogP contribution in [0.2, 0.25) is 0 Å². The Morgan fingerprint density at radius 3 is 2.44 bits per heavy atom. The molecule has 1 heterocycles. The number of esters is 1. The van der Waals surface area contributed by atoms with Crippen LogP contribution in [0.1, 0.15) is 40.5 Å². The molecule has 5 heteroatoms. The SMILES string of the molecule is CC[C@H](CC1OC(F)C(F)C(C)C1C)OC(C)=O. The number of halogens is 2. The standard InChI is InChI=1S/C13H22F2O3/c1-5-10(17-9(4)16)6-11-7(2)8(3)12(14)13(15)18-11/h7-8,10-13H,5-6H2,1-4H3/t7?,8?,10-,11?,12?,13?/m1/s1. The van der Waals surface area contributed by atoms with Crippen molar-refractivity contribution in [2.75, 3.05) is 0 Å². The molecule has 0 radical (unpaired) electrons. The minimum atomic E-state index is -1.88. The van der Waals surface area contributed by atoms with Gasteiger partial charge >= 0.3 is 5.97 Å². The average molecular weight is 264 g/mol. The van der Waals surface area contributed by atoms with Gasteiger partial charge in [0, 0.05) is 13.3 Å². The van der Waals surface area contributed by atoms with Crippen molar-refractivity contribution in [2.24, 2.45) is 11.8 Å². The number of ether oxygens (including phenoxy) is 2. The Balaban J connectivity index is 2.62. The summed E-state index contributed by atoms with van der Waals surface area (Å²) in [5, 5.41) is 0. The monoisotopic (exact) mass is 264 g/mol. The first-order valence-corrected chi connectivity index (χ1v) is 6.47. The Morgan fingerprint density at radius 1 is 1.33 bits per heavy atom. The molecule has 3 nitrogen and oxygen atoms in total. The van der Waals surface area contributed by atoms with E-state index in [0.29, 0.717) is 12.8 Å². The van der Waals surface area contributed by atoms with E-state index in [9.17, 15) is 13.6 Å². The van der Waals surface area contributed by atoms with E-state index in [1.165, 1.54) is 6.92 Å². The highest BCUT2D eigenvalue weighted by molar-refractivity contribution is 5.66. The lowest BCUT2D eigenvalue weighted by molar-refractivity contribution is -0.205. The van der Waals surface area contributed by atoms with Crippen molar-refractivity contribution in [1.82, 2.24) is 0 Å². The Morgan fingerprint density at radius 2 is 1.94 bits per heavy atom. The molecular formula is C13H22F2O3. The highest BCUT2D eigenvalue weighted by atomic mass is 19.2. The molecule has 1 aliphatic heterocycles. The molecule has 0 amide bonds. The van der Waals surface area contributed by atoms with Crippen LogP contribution >= 0.6 is 0 Å². The predicted octanol–water partition coefficient (Wildman–Crippen LogP) is 3.02. The Kier molecular flexibility index (Phi) is 5.50. The summed E-state index contributed by atoms with van der Waals surface area (Å²) < 4.78 is 37.0. The van der Waals surface area contributed by atoms with Gasteiger partial charge in [-0.2, -0.15) is 0 Å². The molecule has 1 rings (SSSR count). The molecule has 0 aromatic heterocycles. The number of hydrogen-bond donors (Lipinski definition) is 0. The molecule has 106 valence electrons. The van der Waals surface area contributed by atoms with Crippen molar-refractivity contribution in [3.8, 4) is 0 Å². The third-order valence-electron chi connectivity index (χ3n) is 3.76. The van der Waals surface area contributed by atoms with Crippen molar-refractivity contribution in [2.45, 2.75) is 65.3 Å². The topological polar surface area (TPSA) is 35.5 Å². The van der Waals surface area contributed by atoms with Crippen LogP contribution in [0.15, 0.2) is 0 Å². The van der Waals surface area contributed by atoms with E-state index in [-0.39, 0.29) is 18.0 Å². The van der Waals surface area contributed by atoms with E-state index in [1.807, 2.05) is 13.8 Å². The van der Waals surface area contributed by atoms with Gasteiger partial charge in [-0.1, -0.05) is 20.8 Å². The van der Waals surface area contributed by atoms with Gasteiger partial charge in [0.25, 0.3) is 0 Å². The molecule has 0 bridgehead atoms. The van der Waals surface area contributed by atoms with Crippen LogP contribution in [0.3, 0.4) is 0 Å². The van der Waals surface area contributed by atoms with Gasteiger partial charge in [-0.3, -0.25) is 4.79 Å². The molecule has 1 fully saturated rings. The van der Waals surface area contributed by atoms with Crippen LogP contribution in [0.5, 0.6) is 0 Å². The van der Waals surface area contributed by atoms with Gasteiger partial charge < -0.3 is 9.47 Å². The van der Waals surface area contributed by atoms with Crippen LogP contribution < -0.4 is 0 Å². The highest BCUT2D eigenvalue weighted by Gasteiger charge is 2.42. The first kappa shape index (κ1) is 15.3. The molecular weight excluding hydrogens is 242 g/mol. The summed E-state index contributed by atoms with van der Waals surface area (Å²) in [6.07, 6.45) is -3.12. The van der Waals surface area contributed by atoms with E-state index in [1.54, 1.807) is 6.92 Å². The predicted molar refractivity (Wildman–Crippen MR) is 63.5 cm³/mol. The number of alkyl halides is 2. The normalized spacial score (nSPS) is 38.2. The molecule has 0 saturated carbocycles. The second-order valence-corrected chi connectivity index (χ2v) is 5.06. The van der Waals surface area contributed by atoms with Gasteiger partial charge in [0.05, 0.1) is 6.10 Å². The van der Waals surface area contributed by atoms with Gasteiger partial charge in [0.15, 0.2) is 6.17 Å². The third kappa shape index (κ3) is 3.64. The van der Waals surface area contributed by atoms with Crippen molar-refractivity contribution in [1.29, 1.82) is 0 Å². The Bertz CT molecular complexity index is 285. The fraction of sp³-hybridized carbons (Fsp3) is 0.923. The maximum Gasteiger partial charge on any atom is 0.302 e. The zero-order valence-corrected chi connectivity index (χ0v) is 11.4. The summed E-state index contributed by atoms with van der Waals surface area (Å²) in [4.78, 5) is 10.9. The minimum Gasteiger partial charge on any atom is -0.462 e. The third-order valence-corrected chi connectivity index (χ3v) is 3.76. The van der Waals surface area contributed by atoms with E-state index < -0.39 is 24.6 Å². The second kappa shape index (κ2) is 6.45. The van der Waals surface area contributed by atoms with Gasteiger partial charge in [-0.05, 0) is 18.3 Å². The smallest absolute Gasteiger partial charge is 0.302 e. The van der Waals surface area contributed by atoms with Gasteiger partial charge in [-0.15, -0.1) is 0 Å². The van der Waals surface area contributed by atoms with Crippen LogP contribution in [-0.2, 0) is 14.3 Å². The van der Waals surface area contributed by atoms with Gasteiger partial charge in [-0.25, -0.2) is 8.78 Å². The lowest BCUT2D eigenvalue weighted by atomic mass is 9.82. The molecule has 18 heavy (non-hydrogen) atoms. The summed E-state index contributed by atoms with van der Waals surface area (Å²) in [5.74, 6) is -0.858. The van der Waals surface area contributed by atoms with Crippen LogP contribution in [-0.4, -0.2) is 30.7 Å². The molecule has 1 aliphatic rings. The quantitative estimate of drug-likeness (QED) is 0.732. The molecule has 0 N–H and O–H groups in total. The van der Waals surface area contributed by atoms with Gasteiger partial charge in [0.1, 0.15) is 6.10 Å². The van der Waals surface area contributed by atoms with Crippen molar-refractivity contribution in [3.63, 3.8) is 0 Å². The Hall–Kier alpha value is -0.710. The summed E-state index contributed by atoms with van der Waals surface area (Å²) >= 11 is 0. The molecule has 5 unspecified atom stereocenters. The van der Waals surface area contributed by atoms with Crippen LogP contribution in [0.25, 0.3) is 0 Å².